The third-order valence-electron chi connectivity index (χ3n) is 3.33. The average Bonchev–Trinajstić information content (AvgIpc) is 3.03. The van der Waals surface area contributed by atoms with Crippen LogP contribution in [-0.2, 0) is 9.53 Å². The van der Waals surface area contributed by atoms with E-state index in [1.807, 2.05) is 32.0 Å². The van der Waals surface area contributed by atoms with Gasteiger partial charge in [-0.05, 0) is 32.9 Å². The van der Waals surface area contributed by atoms with Gasteiger partial charge >= 0.3 is 5.97 Å². The van der Waals surface area contributed by atoms with Gasteiger partial charge in [-0.1, -0.05) is 18.2 Å². The van der Waals surface area contributed by atoms with E-state index in [9.17, 15) is 9.59 Å². The van der Waals surface area contributed by atoms with Crippen LogP contribution >= 0.6 is 22.7 Å². The molecule has 0 saturated heterocycles. The Morgan fingerprint density at radius 2 is 1.83 bits per heavy atom. The molecule has 4 nitrogen and oxygen atoms in total. The van der Waals surface area contributed by atoms with Crippen molar-refractivity contribution in [1.82, 2.24) is 5.32 Å². The van der Waals surface area contributed by atoms with Crippen LogP contribution < -0.4 is 5.32 Å². The van der Waals surface area contributed by atoms with E-state index in [1.54, 1.807) is 18.3 Å². The van der Waals surface area contributed by atoms with E-state index < -0.39 is 12.1 Å². The molecule has 1 N–H and O–H groups in total. The van der Waals surface area contributed by atoms with Gasteiger partial charge in [0.2, 0.25) is 0 Å². The van der Waals surface area contributed by atoms with Gasteiger partial charge in [0.25, 0.3) is 5.91 Å². The number of benzene rings is 1. The summed E-state index contributed by atoms with van der Waals surface area (Å²) in [6, 6.07) is 9.99. The van der Waals surface area contributed by atoms with Crippen LogP contribution in [0.25, 0.3) is 19.5 Å². The molecule has 0 aliphatic carbocycles. The summed E-state index contributed by atoms with van der Waals surface area (Å²) in [5, 5.41) is 3.89. The largest absolute Gasteiger partial charge is 0.448 e. The predicted molar refractivity (Wildman–Crippen MR) is 95.4 cm³/mol. The van der Waals surface area contributed by atoms with Crippen molar-refractivity contribution in [3.8, 4) is 0 Å². The molecule has 0 unspecified atom stereocenters. The Morgan fingerprint density at radius 1 is 1.09 bits per heavy atom. The first kappa shape index (κ1) is 16.0. The molecule has 0 aliphatic heterocycles. The summed E-state index contributed by atoms with van der Waals surface area (Å²) in [7, 11) is 0. The van der Waals surface area contributed by atoms with Gasteiger partial charge in [0.1, 0.15) is 4.88 Å². The molecule has 2 aromatic heterocycles. The molecule has 3 rings (SSSR count). The topological polar surface area (TPSA) is 55.4 Å². The quantitative estimate of drug-likeness (QED) is 0.720. The molecule has 0 aliphatic rings. The van der Waals surface area contributed by atoms with Gasteiger partial charge in [-0.3, -0.25) is 4.79 Å². The maximum atomic E-state index is 12.3. The molecule has 1 aromatic carbocycles. The number of hydrogen-bond acceptors (Lipinski definition) is 5. The standard InChI is InChI=1S/C17H17NO3S2/c1-9(2)18-16(19)10(3)21-17(20)14-8-13-15(23-14)11-6-4-5-7-12(11)22-13/h4-10H,1-3H3,(H,18,19)/t10-/m1/s1. The molecular formula is C17H17NO3S2. The van der Waals surface area contributed by atoms with Gasteiger partial charge in [-0.25, -0.2) is 4.79 Å². The van der Waals surface area contributed by atoms with E-state index in [0.717, 1.165) is 14.8 Å². The zero-order valence-corrected chi connectivity index (χ0v) is 14.7. The monoisotopic (exact) mass is 347 g/mol. The average molecular weight is 347 g/mol. The summed E-state index contributed by atoms with van der Waals surface area (Å²) in [5.74, 6) is -0.731. The number of esters is 1. The van der Waals surface area contributed by atoms with Crippen molar-refractivity contribution in [2.75, 3.05) is 0 Å². The van der Waals surface area contributed by atoms with Gasteiger partial charge in [0.15, 0.2) is 6.10 Å². The minimum atomic E-state index is -0.804. The number of amides is 1. The number of fused-ring (bicyclic) bond motifs is 3. The summed E-state index contributed by atoms with van der Waals surface area (Å²) in [4.78, 5) is 24.6. The second-order valence-electron chi connectivity index (χ2n) is 5.61. The van der Waals surface area contributed by atoms with E-state index in [4.69, 9.17) is 4.74 Å². The molecule has 6 heteroatoms. The van der Waals surface area contributed by atoms with Gasteiger partial charge in [0, 0.05) is 20.8 Å². The molecule has 3 aromatic rings. The number of thiophene rings is 2. The van der Waals surface area contributed by atoms with Crippen molar-refractivity contribution < 1.29 is 14.3 Å². The molecule has 1 atom stereocenters. The van der Waals surface area contributed by atoms with Crippen LogP contribution in [0.1, 0.15) is 30.4 Å². The highest BCUT2D eigenvalue weighted by Crippen LogP contribution is 2.39. The maximum Gasteiger partial charge on any atom is 0.349 e. The Balaban J connectivity index is 1.80. The van der Waals surface area contributed by atoms with Crippen molar-refractivity contribution in [3.05, 3.63) is 35.2 Å². The van der Waals surface area contributed by atoms with E-state index in [2.05, 4.69) is 17.4 Å². The fraction of sp³-hybridized carbons (Fsp3) is 0.294. The zero-order chi connectivity index (χ0) is 16.6. The summed E-state index contributed by atoms with van der Waals surface area (Å²) in [6.07, 6.45) is -0.804. The van der Waals surface area contributed by atoms with Gasteiger partial charge in [0.05, 0.1) is 4.70 Å². The van der Waals surface area contributed by atoms with E-state index in [1.165, 1.54) is 16.0 Å². The van der Waals surface area contributed by atoms with Gasteiger partial charge in [-0.2, -0.15) is 0 Å². The summed E-state index contributed by atoms with van der Waals surface area (Å²) in [5.41, 5.74) is 0. The van der Waals surface area contributed by atoms with Crippen LogP contribution in [-0.4, -0.2) is 24.0 Å². The van der Waals surface area contributed by atoms with Crippen molar-refractivity contribution >= 4 is 54.0 Å². The third-order valence-corrected chi connectivity index (χ3v) is 5.73. The van der Waals surface area contributed by atoms with E-state index in [-0.39, 0.29) is 11.9 Å². The van der Waals surface area contributed by atoms with E-state index in [0.29, 0.717) is 4.88 Å². The lowest BCUT2D eigenvalue weighted by Crippen LogP contribution is -2.39. The highest BCUT2D eigenvalue weighted by Gasteiger charge is 2.21. The smallest absolute Gasteiger partial charge is 0.349 e. The Morgan fingerprint density at radius 3 is 2.57 bits per heavy atom. The lowest BCUT2D eigenvalue weighted by molar-refractivity contribution is -0.129. The molecule has 0 fully saturated rings. The maximum absolute atomic E-state index is 12.3. The number of carbonyl (C=O) groups is 2. The number of rotatable bonds is 4. The number of ether oxygens (including phenoxy) is 1. The molecule has 2 heterocycles. The van der Waals surface area contributed by atoms with Crippen molar-refractivity contribution in [2.24, 2.45) is 0 Å². The molecule has 0 radical (unpaired) electrons. The zero-order valence-electron chi connectivity index (χ0n) is 13.1. The van der Waals surface area contributed by atoms with Crippen LogP contribution in [0, 0.1) is 0 Å². The summed E-state index contributed by atoms with van der Waals surface area (Å²) < 4.78 is 8.65. The second kappa shape index (κ2) is 6.29. The predicted octanol–water partition coefficient (Wildman–Crippen LogP) is 4.19. The fourth-order valence-electron chi connectivity index (χ4n) is 2.27. The van der Waals surface area contributed by atoms with Gasteiger partial charge in [-0.15, -0.1) is 22.7 Å². The van der Waals surface area contributed by atoms with Crippen LogP contribution in [0.5, 0.6) is 0 Å². The van der Waals surface area contributed by atoms with Crippen molar-refractivity contribution in [1.29, 1.82) is 0 Å². The molecule has 120 valence electrons. The second-order valence-corrected chi connectivity index (χ2v) is 7.75. The molecule has 0 saturated carbocycles. The Kier molecular flexibility index (Phi) is 4.37. The normalized spacial score (nSPS) is 12.7. The molecule has 1 amide bonds. The first-order valence-electron chi connectivity index (χ1n) is 7.38. The Labute approximate surface area is 142 Å². The summed E-state index contributed by atoms with van der Waals surface area (Å²) in [6.45, 7) is 5.32. The number of hydrogen-bond donors (Lipinski definition) is 1. The third kappa shape index (κ3) is 3.23. The molecule has 0 spiro atoms. The highest BCUT2D eigenvalue weighted by atomic mass is 32.1. The molecular weight excluding hydrogens is 330 g/mol. The van der Waals surface area contributed by atoms with Crippen LogP contribution in [0.15, 0.2) is 30.3 Å². The first-order valence-corrected chi connectivity index (χ1v) is 9.01. The molecule has 0 bridgehead atoms. The lowest BCUT2D eigenvalue weighted by Gasteiger charge is -2.14. The summed E-state index contributed by atoms with van der Waals surface area (Å²) >= 11 is 3.07. The SMILES string of the molecule is CC(C)NC(=O)[C@@H](C)OC(=O)c1cc2sc3ccccc3c2s1. The van der Waals surface area contributed by atoms with E-state index >= 15 is 0 Å². The van der Waals surface area contributed by atoms with Crippen LogP contribution in [0.2, 0.25) is 0 Å². The fourth-order valence-corrected chi connectivity index (χ4v) is 4.68. The minimum absolute atomic E-state index is 0.0158. The van der Waals surface area contributed by atoms with Crippen molar-refractivity contribution in [3.63, 3.8) is 0 Å². The number of carbonyl (C=O) groups excluding carboxylic acids is 2. The van der Waals surface area contributed by atoms with Crippen LogP contribution in [0.4, 0.5) is 0 Å². The van der Waals surface area contributed by atoms with Gasteiger partial charge < -0.3 is 10.1 Å². The van der Waals surface area contributed by atoms with Crippen LogP contribution in [0.3, 0.4) is 0 Å². The van der Waals surface area contributed by atoms with Crippen molar-refractivity contribution in [2.45, 2.75) is 32.9 Å². The number of nitrogens with one attached hydrogen (secondary N) is 1. The highest BCUT2D eigenvalue weighted by molar-refractivity contribution is 7.33. The molecule has 23 heavy (non-hydrogen) atoms. The lowest BCUT2D eigenvalue weighted by atomic mass is 10.2. The first-order chi connectivity index (χ1) is 11.0. The Hall–Kier alpha value is -1.92. The Bertz CT molecular complexity index is 878. The minimum Gasteiger partial charge on any atom is -0.448 e.